The molecule has 2 N–H and O–H groups in total. The molecule has 0 radical (unpaired) electrons. The number of hydrogen-bond donors (Lipinski definition) is 2. The van der Waals surface area contributed by atoms with E-state index in [4.69, 9.17) is 18.9 Å². The van der Waals surface area contributed by atoms with Crippen LogP contribution in [0.25, 0.3) is 0 Å². The molecule has 0 aromatic rings. The zero-order valence-electron chi connectivity index (χ0n) is 35.7. The summed E-state index contributed by atoms with van der Waals surface area (Å²) in [6, 6.07) is 0.512. The number of morpholine rings is 1. The molecule has 0 bridgehead atoms. The number of carbonyl (C=O) groups is 1. The third-order valence-electron chi connectivity index (χ3n) is 18.6. The van der Waals surface area contributed by atoms with Gasteiger partial charge in [0.15, 0.2) is 6.29 Å². The van der Waals surface area contributed by atoms with Crippen LogP contribution in [-0.4, -0.2) is 132 Å². The Morgan fingerprint density at radius 3 is 2.35 bits per heavy atom. The second kappa shape index (κ2) is 13.2. The van der Waals surface area contributed by atoms with E-state index < -0.39 is 11.7 Å². The number of ether oxygens (including phenoxy) is 4. The van der Waals surface area contributed by atoms with Gasteiger partial charge in [-0.15, -0.1) is 0 Å². The van der Waals surface area contributed by atoms with E-state index in [2.05, 4.69) is 58.3 Å². The molecule has 3 unspecified atom stereocenters. The zero-order chi connectivity index (χ0) is 39.1. The Bertz CT molecular complexity index is 1480. The van der Waals surface area contributed by atoms with Crippen LogP contribution in [0.15, 0.2) is 0 Å². The van der Waals surface area contributed by atoms with Crippen molar-refractivity contribution in [3.63, 3.8) is 0 Å². The van der Waals surface area contributed by atoms with Crippen LogP contribution in [0, 0.1) is 56.7 Å². The third kappa shape index (κ3) is 5.81. The summed E-state index contributed by atoms with van der Waals surface area (Å²) < 4.78 is 26.6. The largest absolute Gasteiger partial charge is 0.443 e. The number of aliphatic hydroxyl groups is 2. The van der Waals surface area contributed by atoms with Crippen molar-refractivity contribution in [3.05, 3.63) is 0 Å². The Morgan fingerprint density at radius 1 is 0.964 bits per heavy atom. The van der Waals surface area contributed by atoms with E-state index >= 15 is 0 Å². The SMILES string of the molecule is CC(C)[C@@H](OC(=O)N1CCC1)C1C[C@@H](C)[C@H]2C(O1)[C@H](O)[C@@]1(C)C3CC[C@H]4C(C)(C)[C@@H](O[C@H]5CN(C6CN(CC(C)(C)O)C6)CCO5)CC[C@@]45C[C@@]35CC[C@]21C. The maximum atomic E-state index is 13.0. The third-order valence-corrected chi connectivity index (χ3v) is 18.6. The number of likely N-dealkylation sites (tertiary alicyclic amines) is 2. The van der Waals surface area contributed by atoms with Crippen molar-refractivity contribution in [3.8, 4) is 0 Å². The summed E-state index contributed by atoms with van der Waals surface area (Å²) in [4.78, 5) is 19.7. The molecule has 312 valence electrons. The number of aliphatic hydroxyl groups excluding tert-OH is 1. The molecule has 9 fully saturated rings. The summed E-state index contributed by atoms with van der Waals surface area (Å²) in [7, 11) is 0. The van der Waals surface area contributed by atoms with E-state index in [9.17, 15) is 15.0 Å². The fourth-order valence-corrected chi connectivity index (χ4v) is 15.8. The van der Waals surface area contributed by atoms with E-state index in [0.29, 0.717) is 41.7 Å². The van der Waals surface area contributed by atoms with Gasteiger partial charge in [-0.3, -0.25) is 9.80 Å². The highest BCUT2D eigenvalue weighted by Gasteiger charge is 2.84. The van der Waals surface area contributed by atoms with Crippen molar-refractivity contribution in [2.24, 2.45) is 56.7 Å². The molecule has 10 heteroatoms. The molecule has 4 saturated heterocycles. The van der Waals surface area contributed by atoms with Crippen molar-refractivity contribution in [1.82, 2.24) is 14.7 Å². The molecule has 9 aliphatic rings. The lowest BCUT2D eigenvalue weighted by atomic mass is 9.41. The Hall–Kier alpha value is -1.01. The van der Waals surface area contributed by atoms with E-state index in [1.807, 2.05) is 13.8 Å². The molecular weight excluding hydrogens is 695 g/mol. The Balaban J connectivity index is 0.887. The van der Waals surface area contributed by atoms with E-state index in [1.165, 1.54) is 32.1 Å². The van der Waals surface area contributed by atoms with Crippen molar-refractivity contribution >= 4 is 6.09 Å². The Labute approximate surface area is 331 Å². The number of amides is 1. The quantitative estimate of drug-likeness (QED) is 0.301. The lowest BCUT2D eigenvalue weighted by Crippen LogP contribution is -2.64. The number of β-amino-alcohol motifs (C(OH)–C–C–N with tert-alkyl or cyclic N) is 1. The van der Waals surface area contributed by atoms with Gasteiger partial charge in [-0.25, -0.2) is 4.79 Å². The summed E-state index contributed by atoms with van der Waals surface area (Å²) in [5.74, 6) is 1.91. The minimum absolute atomic E-state index is 0.00142. The summed E-state index contributed by atoms with van der Waals surface area (Å²) in [6.07, 6.45) is 8.83. The lowest BCUT2D eigenvalue weighted by molar-refractivity contribution is -0.253. The smallest absolute Gasteiger partial charge is 0.410 e. The van der Waals surface area contributed by atoms with Crippen LogP contribution in [-0.2, 0) is 18.9 Å². The molecule has 0 aromatic heterocycles. The zero-order valence-corrected chi connectivity index (χ0v) is 35.7. The maximum absolute atomic E-state index is 13.0. The first-order valence-electron chi connectivity index (χ1n) is 22.6. The summed E-state index contributed by atoms with van der Waals surface area (Å²) in [6.45, 7) is 27.2. The average molecular weight is 770 g/mol. The van der Waals surface area contributed by atoms with Gasteiger partial charge in [0.25, 0.3) is 0 Å². The molecule has 55 heavy (non-hydrogen) atoms. The number of fused-ring (bicyclic) bond motifs is 4. The van der Waals surface area contributed by atoms with Crippen LogP contribution in [0.2, 0.25) is 0 Å². The standard InChI is InChI=1S/C45H75N3O7/c1-27(2)36(55-39(50)47-17-10-18-47)30-21-28(3)35-37(53-30)38(49)43(9)32-12-11-31-41(6,7)33(13-14-44(31)25-45(32,44)16-15-42(35,43)8)54-34-24-48(19-20-52-34)29-22-46(23-29)26-40(4,5)51/h27-38,49,51H,10-26H2,1-9H3/t28-,30?,31+,32?,33+,34+,35+,36-,37?,38+,42-,43-,44-,45+/m1/s1. The Kier molecular flexibility index (Phi) is 9.50. The summed E-state index contributed by atoms with van der Waals surface area (Å²) >= 11 is 0. The fraction of sp³-hybridized carbons (Fsp3) is 0.978. The molecule has 4 heterocycles. The van der Waals surface area contributed by atoms with Crippen LogP contribution < -0.4 is 0 Å². The topological polar surface area (TPSA) is 104 Å². The van der Waals surface area contributed by atoms with Crippen molar-refractivity contribution in [1.29, 1.82) is 0 Å². The minimum atomic E-state index is -0.657. The predicted octanol–water partition coefficient (Wildman–Crippen LogP) is 6.17. The van der Waals surface area contributed by atoms with Gasteiger partial charge in [0.05, 0.1) is 36.6 Å². The van der Waals surface area contributed by atoms with E-state index in [1.54, 1.807) is 4.90 Å². The van der Waals surface area contributed by atoms with Gasteiger partial charge in [-0.1, -0.05) is 48.5 Å². The summed E-state index contributed by atoms with van der Waals surface area (Å²) in [5.41, 5.74) is -0.215. The van der Waals surface area contributed by atoms with E-state index in [-0.39, 0.29) is 64.4 Å². The number of hydrogen-bond acceptors (Lipinski definition) is 9. The highest BCUT2D eigenvalue weighted by molar-refractivity contribution is 5.68. The van der Waals surface area contributed by atoms with Crippen molar-refractivity contribution in [2.75, 3.05) is 52.4 Å². The first-order chi connectivity index (χ1) is 25.8. The van der Waals surface area contributed by atoms with Gasteiger partial charge in [-0.2, -0.15) is 0 Å². The number of rotatable bonds is 8. The van der Waals surface area contributed by atoms with Crippen LogP contribution in [0.1, 0.15) is 120 Å². The Morgan fingerprint density at radius 2 is 1.67 bits per heavy atom. The number of carbonyl (C=O) groups excluding carboxylic acids is 1. The average Bonchev–Trinajstić information content (AvgIpc) is 3.70. The van der Waals surface area contributed by atoms with Gasteiger partial charge in [0, 0.05) is 57.3 Å². The van der Waals surface area contributed by atoms with Crippen LogP contribution in [0.3, 0.4) is 0 Å². The molecule has 2 spiro atoms. The van der Waals surface area contributed by atoms with Gasteiger partial charge in [0.1, 0.15) is 6.10 Å². The van der Waals surface area contributed by atoms with Crippen LogP contribution in [0.5, 0.6) is 0 Å². The molecule has 0 aromatic carbocycles. The van der Waals surface area contributed by atoms with Crippen molar-refractivity contribution < 1.29 is 34.0 Å². The molecular formula is C45H75N3O7. The monoisotopic (exact) mass is 770 g/mol. The second-order valence-corrected chi connectivity index (χ2v) is 22.6. The van der Waals surface area contributed by atoms with Crippen LogP contribution >= 0.6 is 0 Å². The number of nitrogens with zero attached hydrogens (tertiary/aromatic N) is 3. The van der Waals surface area contributed by atoms with Gasteiger partial charge >= 0.3 is 6.09 Å². The predicted molar refractivity (Wildman–Crippen MR) is 210 cm³/mol. The normalized spacial score (nSPS) is 48.7. The van der Waals surface area contributed by atoms with Gasteiger partial charge in [0.2, 0.25) is 0 Å². The first-order valence-corrected chi connectivity index (χ1v) is 22.6. The molecule has 5 saturated carbocycles. The van der Waals surface area contributed by atoms with Gasteiger partial charge in [-0.05, 0) is 123 Å². The molecule has 1 amide bonds. The highest BCUT2D eigenvalue weighted by atomic mass is 16.7. The molecule has 10 nitrogen and oxygen atoms in total. The molecule has 5 aliphatic carbocycles. The lowest BCUT2D eigenvalue weighted by Gasteiger charge is -2.64. The molecule has 14 atom stereocenters. The second-order valence-electron chi connectivity index (χ2n) is 22.6. The van der Waals surface area contributed by atoms with Crippen molar-refractivity contribution in [2.45, 2.75) is 169 Å². The van der Waals surface area contributed by atoms with Crippen LogP contribution in [0.4, 0.5) is 4.79 Å². The molecule has 4 aliphatic heterocycles. The van der Waals surface area contributed by atoms with E-state index in [0.717, 1.165) is 71.5 Å². The minimum Gasteiger partial charge on any atom is -0.443 e. The first kappa shape index (κ1) is 39.5. The highest BCUT2D eigenvalue weighted by Crippen LogP contribution is 2.89. The fourth-order valence-electron chi connectivity index (χ4n) is 15.8. The summed E-state index contributed by atoms with van der Waals surface area (Å²) in [5, 5.41) is 23.0. The maximum Gasteiger partial charge on any atom is 0.410 e. The molecule has 9 rings (SSSR count). The van der Waals surface area contributed by atoms with Gasteiger partial charge < -0.3 is 34.1 Å².